The van der Waals surface area contributed by atoms with E-state index >= 15 is 0 Å². The third-order valence-corrected chi connectivity index (χ3v) is 12.1. The molecule has 192 valence electrons. The fourth-order valence-electron chi connectivity index (χ4n) is 7.53. The van der Waals surface area contributed by atoms with Crippen molar-refractivity contribution >= 4 is 251 Å². The van der Waals surface area contributed by atoms with Crippen molar-refractivity contribution < 1.29 is 0 Å². The Kier molecular flexibility index (Phi) is 9.40. The first kappa shape index (κ1) is 33.7. The van der Waals surface area contributed by atoms with Gasteiger partial charge in [0.25, 0.3) is 0 Å². The van der Waals surface area contributed by atoms with Gasteiger partial charge in [-0.25, -0.2) is 0 Å². The highest BCUT2D eigenvalue weighted by Crippen LogP contribution is 2.23. The van der Waals surface area contributed by atoms with Gasteiger partial charge in [-0.3, -0.25) is 0 Å². The van der Waals surface area contributed by atoms with Crippen molar-refractivity contribution in [2.24, 2.45) is 0 Å². The molecule has 0 aliphatic heterocycles. The Balaban J connectivity index is 2.09. The molecule has 0 amide bonds. The second kappa shape index (κ2) is 12.0. The van der Waals surface area contributed by atoms with E-state index in [1.54, 1.807) is 0 Å². The molecule has 0 radical (unpaired) electrons. The van der Waals surface area contributed by atoms with Crippen LogP contribution in [0.25, 0.3) is 22.3 Å². The average molecular weight is 534 g/mol. The highest BCUT2D eigenvalue weighted by Gasteiger charge is 2.24. The van der Waals surface area contributed by atoms with E-state index in [1.165, 1.54) is 132 Å². The van der Waals surface area contributed by atoms with Crippen LogP contribution in [0, 0.1) is 0 Å². The van der Waals surface area contributed by atoms with Gasteiger partial charge in [0.15, 0.2) is 0 Å². The Morgan fingerprint density at radius 3 is 0.698 bits per heavy atom. The van der Waals surface area contributed by atoms with Crippen LogP contribution >= 0.6 is 0 Å². The van der Waals surface area contributed by atoms with Crippen LogP contribution in [0.5, 0.6) is 0 Å². The van der Waals surface area contributed by atoms with Crippen molar-refractivity contribution in [3.8, 4) is 22.3 Å². The van der Waals surface area contributed by atoms with Gasteiger partial charge in [0.2, 0.25) is 0 Å². The van der Waals surface area contributed by atoms with E-state index in [4.69, 9.17) is 0 Å². The highest BCUT2D eigenvalue weighted by molar-refractivity contribution is 6.73. The summed E-state index contributed by atoms with van der Waals surface area (Å²) in [5, 5.41) is 4.11. The summed E-state index contributed by atoms with van der Waals surface area (Å²) in [5.74, 6) is 0. The Hall–Kier alpha value is -2.15. The first-order valence-electron chi connectivity index (χ1n) is 16.0. The summed E-state index contributed by atoms with van der Waals surface area (Å²) < 4.78 is 0. The molecule has 0 fully saturated rings. The molecule has 1 N–H and O–H groups in total. The quantitative estimate of drug-likeness (QED) is 0.257. The van der Waals surface area contributed by atoms with E-state index in [-0.39, 0.29) is 0 Å². The van der Waals surface area contributed by atoms with Crippen LogP contribution < -0.4 is 104 Å². The summed E-state index contributed by atoms with van der Waals surface area (Å²) in [4.78, 5) is 0. The Bertz CT molecular complexity index is 1800. The van der Waals surface area contributed by atoms with Crippen LogP contribution in [0.1, 0.15) is 0 Å². The van der Waals surface area contributed by atoms with Gasteiger partial charge >= 0.3 is 0 Å². The van der Waals surface area contributed by atoms with Crippen LogP contribution in [0.15, 0.2) is 0 Å². The van der Waals surface area contributed by atoms with Gasteiger partial charge in [-0.2, -0.15) is 0 Å². The third kappa shape index (κ3) is 5.10. The SMILES string of the molecule is Bc1c(B)c(B)c(-c2c(B)c(B)c(Nc3c(B)c(B)c(B)c(B)c3-c3c(B)c(B)c(B)c(B)c3B)c(B)c2B)c(B)c1B. The monoisotopic (exact) mass is 537 g/mol. The second-order valence-corrected chi connectivity index (χ2v) is 13.6. The lowest BCUT2D eigenvalue weighted by molar-refractivity contribution is 1.66. The van der Waals surface area contributed by atoms with E-state index in [9.17, 15) is 0 Å². The molecule has 0 bridgehead atoms. The molecule has 4 rings (SSSR count). The van der Waals surface area contributed by atoms with Crippen LogP contribution in [0.4, 0.5) is 11.4 Å². The molecule has 0 spiro atoms. The number of nitrogens with one attached hydrogen (secondary N) is 1. The smallest absolute Gasteiger partial charge is 0.141 e. The molecule has 0 saturated heterocycles. The molecule has 0 aliphatic carbocycles. The number of rotatable bonds is 4. The average Bonchev–Trinajstić information content (AvgIpc) is 2.98. The van der Waals surface area contributed by atoms with Gasteiger partial charge in [0.1, 0.15) is 141 Å². The standard InChI is InChI=1S/C24H37B18N/c25-5-1(6(26)13(33)17(37)12(5)32)2-9(29)20(40)24(21(41)10(2)30)43-23-4(11(31)16(36)19(39)22(23)42)3-7(27)14(34)18(38)15(35)8(3)28/h43H,25-42H2. The molecule has 43 heavy (non-hydrogen) atoms. The maximum atomic E-state index is 4.11. The van der Waals surface area contributed by atoms with Crippen molar-refractivity contribution in [1.29, 1.82) is 0 Å². The Morgan fingerprint density at radius 1 is 0.186 bits per heavy atom. The molecule has 4 aromatic carbocycles. The van der Waals surface area contributed by atoms with Crippen molar-refractivity contribution in [1.82, 2.24) is 0 Å². The zero-order chi connectivity index (χ0) is 32.6. The van der Waals surface area contributed by atoms with Crippen molar-refractivity contribution in [3.05, 3.63) is 0 Å². The van der Waals surface area contributed by atoms with Crippen molar-refractivity contribution in [3.63, 3.8) is 0 Å². The third-order valence-electron chi connectivity index (χ3n) is 12.1. The van der Waals surface area contributed by atoms with Crippen LogP contribution in [0.2, 0.25) is 0 Å². The minimum absolute atomic E-state index is 1.25. The molecule has 0 heterocycles. The summed E-state index contributed by atoms with van der Waals surface area (Å²) in [6.45, 7) is 0. The van der Waals surface area contributed by atoms with Crippen LogP contribution in [0.3, 0.4) is 0 Å². The lowest BCUT2D eigenvalue weighted by Gasteiger charge is -2.31. The zero-order valence-electron chi connectivity index (χ0n) is 30.5. The van der Waals surface area contributed by atoms with Gasteiger partial charge in [-0.15, -0.1) is 38.2 Å². The van der Waals surface area contributed by atoms with Gasteiger partial charge in [-0.1, -0.05) is 60.1 Å². The normalized spacial score (nSPS) is 11.1. The fourth-order valence-corrected chi connectivity index (χ4v) is 7.53. The van der Waals surface area contributed by atoms with E-state index in [0.29, 0.717) is 0 Å². The molecular weight excluding hydrogens is 497 g/mol. The molecule has 0 saturated carbocycles. The van der Waals surface area contributed by atoms with E-state index in [0.717, 1.165) is 0 Å². The van der Waals surface area contributed by atoms with Gasteiger partial charge in [-0.05, 0) is 22.3 Å². The lowest BCUT2D eigenvalue weighted by Crippen LogP contribution is -2.57. The van der Waals surface area contributed by atoms with E-state index in [2.05, 4.69) is 147 Å². The minimum Gasteiger partial charge on any atom is -0.356 e. The zero-order valence-corrected chi connectivity index (χ0v) is 30.5. The van der Waals surface area contributed by atoms with Gasteiger partial charge < -0.3 is 5.32 Å². The molecule has 0 aromatic heterocycles. The Morgan fingerprint density at radius 2 is 0.372 bits per heavy atom. The van der Waals surface area contributed by atoms with E-state index in [1.807, 2.05) is 0 Å². The lowest BCUT2D eigenvalue weighted by atomic mass is 9.56. The summed E-state index contributed by atoms with van der Waals surface area (Å²) in [6, 6.07) is 0. The largest absolute Gasteiger partial charge is 0.356 e. The predicted molar refractivity (Wildman–Crippen MR) is 254 cm³/mol. The highest BCUT2D eigenvalue weighted by atomic mass is 14.9. The summed E-state index contributed by atoms with van der Waals surface area (Å²) in [5.41, 5.74) is 33.0. The molecule has 19 heteroatoms. The van der Waals surface area contributed by atoms with Crippen molar-refractivity contribution in [2.45, 2.75) is 0 Å². The predicted octanol–water partition coefficient (Wildman–Crippen LogP) is -24.6. The molecule has 0 unspecified atom stereocenters. The number of hydrogen-bond acceptors (Lipinski definition) is 1. The topological polar surface area (TPSA) is 12.0 Å². The molecular formula is C24H37B18N. The fraction of sp³-hybridized carbons (Fsp3) is 0. The number of hydrogen-bond donors (Lipinski definition) is 1. The second-order valence-electron chi connectivity index (χ2n) is 13.6. The number of benzene rings is 4. The van der Waals surface area contributed by atoms with Gasteiger partial charge in [0.05, 0.1) is 0 Å². The Labute approximate surface area is 277 Å². The summed E-state index contributed by atoms with van der Waals surface area (Å²) in [7, 11) is 41.4. The summed E-state index contributed by atoms with van der Waals surface area (Å²) >= 11 is 0. The molecule has 0 aliphatic rings. The van der Waals surface area contributed by atoms with Crippen molar-refractivity contribution in [2.75, 3.05) is 5.32 Å². The van der Waals surface area contributed by atoms with Crippen LogP contribution in [-0.2, 0) is 0 Å². The maximum Gasteiger partial charge on any atom is 0.141 e. The van der Waals surface area contributed by atoms with Gasteiger partial charge in [0, 0.05) is 11.4 Å². The first-order chi connectivity index (χ1) is 19.9. The maximum absolute atomic E-state index is 4.11. The van der Waals surface area contributed by atoms with E-state index < -0.39 is 0 Å². The number of anilines is 2. The molecule has 1 nitrogen and oxygen atoms in total. The summed E-state index contributed by atoms with van der Waals surface area (Å²) in [6.07, 6.45) is 0. The first-order valence-corrected chi connectivity index (χ1v) is 16.0. The molecule has 0 atom stereocenters. The minimum atomic E-state index is 1.25. The van der Waals surface area contributed by atoms with Crippen LogP contribution in [-0.4, -0.2) is 141 Å². The molecule has 4 aromatic rings.